The molecule has 3 aliphatic rings. The van der Waals surface area contributed by atoms with E-state index in [0.29, 0.717) is 12.0 Å². The van der Waals surface area contributed by atoms with E-state index in [1.807, 2.05) is 0 Å². The van der Waals surface area contributed by atoms with Gasteiger partial charge in [0.2, 0.25) is 0 Å². The van der Waals surface area contributed by atoms with Crippen molar-refractivity contribution in [3.8, 4) is 0 Å². The van der Waals surface area contributed by atoms with Gasteiger partial charge in [0.1, 0.15) is 6.04 Å². The van der Waals surface area contributed by atoms with Crippen LogP contribution in [-0.2, 0) is 4.79 Å². The molecule has 5 atom stereocenters. The normalized spacial score (nSPS) is 52.5. The third kappa shape index (κ3) is 0.966. The van der Waals surface area contributed by atoms with Crippen LogP contribution in [0.25, 0.3) is 0 Å². The topological polar surface area (TPSA) is 49.3 Å². The summed E-state index contributed by atoms with van der Waals surface area (Å²) in [7, 11) is 0. The fourth-order valence-electron chi connectivity index (χ4n) is 3.75. The van der Waals surface area contributed by atoms with Gasteiger partial charge in [0, 0.05) is 6.04 Å². The summed E-state index contributed by atoms with van der Waals surface area (Å²) in [6.45, 7) is 0. The minimum Gasteiger partial charge on any atom is -0.480 e. The van der Waals surface area contributed by atoms with Crippen LogP contribution in [0.5, 0.6) is 0 Å². The third-order valence-electron chi connectivity index (χ3n) is 4.29. The predicted octanol–water partition coefficient (Wildman–Crippen LogP) is 0.848. The van der Waals surface area contributed by atoms with Gasteiger partial charge < -0.3 is 10.4 Å². The van der Waals surface area contributed by atoms with Crippen LogP contribution in [0.1, 0.15) is 25.7 Å². The molecule has 3 rings (SSSR count). The Morgan fingerprint density at radius 2 is 2.00 bits per heavy atom. The van der Waals surface area contributed by atoms with Crippen molar-refractivity contribution in [3.05, 3.63) is 0 Å². The Balaban J connectivity index is 1.79. The predicted molar refractivity (Wildman–Crippen MR) is 47.3 cm³/mol. The molecule has 0 aromatic rings. The summed E-state index contributed by atoms with van der Waals surface area (Å²) < 4.78 is 0. The van der Waals surface area contributed by atoms with Gasteiger partial charge in [0.25, 0.3) is 0 Å². The molecule has 2 saturated carbocycles. The molecular formula is C10H15NO2. The number of carbonyl (C=O) groups is 1. The van der Waals surface area contributed by atoms with Gasteiger partial charge in [-0.25, -0.2) is 0 Å². The zero-order valence-corrected chi connectivity index (χ0v) is 7.57. The molecule has 13 heavy (non-hydrogen) atoms. The molecule has 1 aliphatic heterocycles. The number of carboxylic acid groups (broad SMARTS) is 1. The summed E-state index contributed by atoms with van der Waals surface area (Å²) in [5, 5.41) is 12.2. The van der Waals surface area contributed by atoms with E-state index in [0.717, 1.165) is 18.3 Å². The van der Waals surface area contributed by atoms with Crippen LogP contribution in [0.3, 0.4) is 0 Å². The van der Waals surface area contributed by atoms with Crippen molar-refractivity contribution in [3.63, 3.8) is 0 Å². The van der Waals surface area contributed by atoms with Crippen LogP contribution < -0.4 is 5.32 Å². The first kappa shape index (κ1) is 7.80. The van der Waals surface area contributed by atoms with Crippen LogP contribution in [0.15, 0.2) is 0 Å². The van der Waals surface area contributed by atoms with E-state index in [-0.39, 0.29) is 6.04 Å². The number of fused-ring (bicyclic) bond motifs is 5. The third-order valence-corrected chi connectivity index (χ3v) is 4.29. The smallest absolute Gasteiger partial charge is 0.320 e. The van der Waals surface area contributed by atoms with Crippen molar-refractivity contribution >= 4 is 5.97 Å². The molecule has 0 spiro atoms. The molecule has 2 bridgehead atoms. The summed E-state index contributed by atoms with van der Waals surface area (Å²) in [6.07, 6.45) is 4.90. The van der Waals surface area contributed by atoms with Crippen molar-refractivity contribution < 1.29 is 9.90 Å². The maximum atomic E-state index is 10.8. The van der Waals surface area contributed by atoms with E-state index < -0.39 is 5.97 Å². The average Bonchev–Trinajstić information content (AvgIpc) is 2.76. The molecule has 2 aliphatic carbocycles. The molecule has 1 saturated heterocycles. The van der Waals surface area contributed by atoms with Gasteiger partial charge in [-0.15, -0.1) is 0 Å². The van der Waals surface area contributed by atoms with Crippen molar-refractivity contribution in [1.29, 1.82) is 0 Å². The van der Waals surface area contributed by atoms with Gasteiger partial charge in [-0.2, -0.15) is 0 Å². The highest BCUT2D eigenvalue weighted by Crippen LogP contribution is 2.52. The number of aliphatic carboxylic acids is 1. The number of rotatable bonds is 1. The molecule has 0 aromatic heterocycles. The van der Waals surface area contributed by atoms with E-state index in [4.69, 9.17) is 5.11 Å². The molecule has 0 aromatic carbocycles. The Morgan fingerprint density at radius 1 is 1.23 bits per heavy atom. The Labute approximate surface area is 77.5 Å². The van der Waals surface area contributed by atoms with Gasteiger partial charge in [-0.05, 0) is 43.4 Å². The largest absolute Gasteiger partial charge is 0.480 e. The van der Waals surface area contributed by atoms with E-state index in [9.17, 15) is 4.79 Å². The van der Waals surface area contributed by atoms with Gasteiger partial charge >= 0.3 is 5.97 Å². The van der Waals surface area contributed by atoms with Crippen molar-refractivity contribution in [1.82, 2.24) is 5.32 Å². The highest BCUT2D eigenvalue weighted by atomic mass is 16.4. The van der Waals surface area contributed by atoms with Crippen molar-refractivity contribution in [2.45, 2.75) is 37.8 Å². The summed E-state index contributed by atoms with van der Waals surface area (Å²) in [6, 6.07) is 0.290. The first-order chi connectivity index (χ1) is 6.25. The number of hydrogen-bond donors (Lipinski definition) is 2. The maximum absolute atomic E-state index is 10.8. The summed E-state index contributed by atoms with van der Waals surface area (Å²) >= 11 is 0. The highest BCUT2D eigenvalue weighted by Gasteiger charge is 2.53. The molecular weight excluding hydrogens is 166 g/mol. The lowest BCUT2D eigenvalue weighted by Gasteiger charge is -2.23. The molecule has 3 heteroatoms. The first-order valence-corrected chi connectivity index (χ1v) is 5.24. The van der Waals surface area contributed by atoms with Gasteiger partial charge in [-0.3, -0.25) is 4.79 Å². The lowest BCUT2D eigenvalue weighted by molar-refractivity contribution is -0.139. The zero-order valence-electron chi connectivity index (χ0n) is 7.57. The van der Waals surface area contributed by atoms with E-state index in [2.05, 4.69) is 5.32 Å². The van der Waals surface area contributed by atoms with Crippen LogP contribution >= 0.6 is 0 Å². The molecule has 1 heterocycles. The Morgan fingerprint density at radius 3 is 2.69 bits per heavy atom. The number of nitrogens with one attached hydrogen (secondary N) is 1. The average molecular weight is 181 g/mol. The standard InChI is InChI=1S/C10H15NO2/c12-10(13)8-4-7-5-1-2-6(3-5)9(7)11-8/h5-9,11H,1-4H2,(H,12,13)/t5-,6+,7+,8-,9-/m0/s1. The second-order valence-corrected chi connectivity index (χ2v) is 4.82. The van der Waals surface area contributed by atoms with Gasteiger partial charge in [0.05, 0.1) is 0 Å². The van der Waals surface area contributed by atoms with Crippen LogP contribution in [-0.4, -0.2) is 23.2 Å². The maximum Gasteiger partial charge on any atom is 0.320 e. The lowest BCUT2D eigenvalue weighted by Crippen LogP contribution is -2.39. The van der Waals surface area contributed by atoms with Crippen LogP contribution in [0, 0.1) is 17.8 Å². The molecule has 3 fully saturated rings. The summed E-state index contributed by atoms with van der Waals surface area (Å²) in [4.78, 5) is 10.8. The zero-order chi connectivity index (χ0) is 9.00. The van der Waals surface area contributed by atoms with Crippen LogP contribution in [0.4, 0.5) is 0 Å². The fourth-order valence-corrected chi connectivity index (χ4v) is 3.75. The fraction of sp³-hybridized carbons (Fsp3) is 0.900. The SMILES string of the molecule is O=C(O)[C@@H]1C[C@@H]2[C@H]3CC[C@H](C3)[C@@H]2N1. The Kier molecular flexibility index (Phi) is 1.48. The summed E-state index contributed by atoms with van der Waals surface area (Å²) in [5.74, 6) is 1.65. The molecule has 0 amide bonds. The van der Waals surface area contributed by atoms with Gasteiger partial charge in [0.15, 0.2) is 0 Å². The molecule has 3 nitrogen and oxygen atoms in total. The lowest BCUT2D eigenvalue weighted by atomic mass is 9.85. The van der Waals surface area contributed by atoms with E-state index >= 15 is 0 Å². The van der Waals surface area contributed by atoms with Gasteiger partial charge in [-0.1, -0.05) is 0 Å². The Hall–Kier alpha value is -0.570. The molecule has 0 radical (unpaired) electrons. The minimum absolute atomic E-state index is 0.251. The second-order valence-electron chi connectivity index (χ2n) is 4.82. The monoisotopic (exact) mass is 181 g/mol. The van der Waals surface area contributed by atoms with E-state index in [1.54, 1.807) is 0 Å². The number of hydrogen-bond acceptors (Lipinski definition) is 2. The highest BCUT2D eigenvalue weighted by molar-refractivity contribution is 5.74. The molecule has 0 unspecified atom stereocenters. The first-order valence-electron chi connectivity index (χ1n) is 5.24. The number of carboxylic acids is 1. The van der Waals surface area contributed by atoms with E-state index in [1.165, 1.54) is 19.3 Å². The van der Waals surface area contributed by atoms with Crippen LogP contribution in [0.2, 0.25) is 0 Å². The van der Waals surface area contributed by atoms with Crippen molar-refractivity contribution in [2.75, 3.05) is 0 Å². The molecule has 72 valence electrons. The summed E-state index contributed by atoms with van der Waals surface area (Å²) in [5.41, 5.74) is 0. The quantitative estimate of drug-likeness (QED) is 0.630. The Bertz CT molecular complexity index is 235. The second kappa shape index (κ2) is 2.47. The minimum atomic E-state index is -0.659. The molecule has 2 N–H and O–H groups in total. The van der Waals surface area contributed by atoms with Crippen molar-refractivity contribution in [2.24, 2.45) is 17.8 Å².